The van der Waals surface area contributed by atoms with Gasteiger partial charge in [0.25, 0.3) is 0 Å². The summed E-state index contributed by atoms with van der Waals surface area (Å²) in [6.07, 6.45) is 0.663. The third kappa shape index (κ3) is 5.74. The second kappa shape index (κ2) is 7.65. The minimum Gasteiger partial charge on any atom is -0.462 e. The van der Waals surface area contributed by atoms with Gasteiger partial charge >= 0.3 is 5.97 Å². The van der Waals surface area contributed by atoms with Crippen LogP contribution in [0.1, 0.15) is 31.9 Å². The van der Waals surface area contributed by atoms with Crippen molar-refractivity contribution in [2.75, 3.05) is 6.61 Å². The summed E-state index contributed by atoms with van der Waals surface area (Å²) >= 11 is 0. The second-order valence-corrected chi connectivity index (χ2v) is 5.05. The zero-order valence-electron chi connectivity index (χ0n) is 11.7. The Balaban J connectivity index is 0.00000324. The Hall–Kier alpha value is -0.880. The highest BCUT2D eigenvalue weighted by Gasteiger charge is 2.17. The van der Waals surface area contributed by atoms with Gasteiger partial charge in [0.05, 0.1) is 6.61 Å². The van der Waals surface area contributed by atoms with Gasteiger partial charge in [0.1, 0.15) is 0 Å². The first-order valence-corrected chi connectivity index (χ1v) is 6.02. The number of carbonyl (C=O) groups excluding carboxylic acids is 1. The van der Waals surface area contributed by atoms with E-state index in [1.165, 1.54) is 0 Å². The molecule has 0 aliphatic heterocycles. The van der Waals surface area contributed by atoms with Gasteiger partial charge in [-0.15, -0.1) is 24.0 Å². The molecule has 1 rings (SSSR count). The van der Waals surface area contributed by atoms with Gasteiger partial charge in [-0.25, -0.2) is 4.79 Å². The summed E-state index contributed by atoms with van der Waals surface area (Å²) in [5.41, 5.74) is 8.33. The van der Waals surface area contributed by atoms with E-state index in [9.17, 15) is 4.79 Å². The number of esters is 1. The topological polar surface area (TPSA) is 52.3 Å². The first kappa shape index (κ1) is 18.1. The molecule has 0 spiro atoms. The summed E-state index contributed by atoms with van der Waals surface area (Å²) in [5.74, 6) is -0.348. The number of ether oxygens (including phenoxy) is 1. The summed E-state index contributed by atoms with van der Waals surface area (Å²) in [7, 11) is 0. The number of nitrogens with two attached hydrogens (primary N) is 1. The fourth-order valence-electron chi connectivity index (χ4n) is 1.74. The van der Waals surface area contributed by atoms with Crippen molar-refractivity contribution in [2.24, 2.45) is 5.73 Å². The van der Waals surface area contributed by atoms with E-state index in [-0.39, 0.29) is 29.9 Å². The predicted molar refractivity (Wildman–Crippen MR) is 88.5 cm³/mol. The Morgan fingerprint density at radius 2 is 1.95 bits per heavy atom. The van der Waals surface area contributed by atoms with Crippen molar-refractivity contribution in [1.82, 2.24) is 0 Å². The summed E-state index contributed by atoms with van der Waals surface area (Å²) in [4.78, 5) is 11.3. The molecule has 2 N–H and O–H groups in total. The molecule has 1 aromatic rings. The average molecular weight is 375 g/mol. The smallest absolute Gasteiger partial charge is 0.333 e. The van der Waals surface area contributed by atoms with Crippen LogP contribution >= 0.6 is 24.0 Å². The van der Waals surface area contributed by atoms with Crippen molar-refractivity contribution in [3.8, 4) is 0 Å². The summed E-state index contributed by atoms with van der Waals surface area (Å²) < 4.78 is 5.10. The molecule has 0 aromatic heterocycles. The quantitative estimate of drug-likeness (QED) is 0.489. The third-order valence-corrected chi connectivity index (χ3v) is 2.66. The zero-order chi connectivity index (χ0) is 13.8. The Bertz CT molecular complexity index is 450. The number of carbonyl (C=O) groups is 1. The molecule has 0 heterocycles. The van der Waals surface area contributed by atoms with Gasteiger partial charge in [-0.2, -0.15) is 0 Å². The molecular formula is C15H22INO2. The van der Waals surface area contributed by atoms with Crippen LogP contribution in [0.5, 0.6) is 0 Å². The molecule has 0 saturated carbocycles. The number of halogens is 1. The van der Waals surface area contributed by atoms with Gasteiger partial charge in [-0.05, 0) is 31.9 Å². The standard InChI is InChI=1S/C15H21NO2.HI/c1-11(2)14(17)18-10-9-12-7-5-6-8-13(12)15(3,4)16;/h5-8H,1,9-10,16H2,2-4H3;1H. The SMILES string of the molecule is C=C(C)C(=O)OCCc1ccccc1C(C)(C)N.I. The third-order valence-electron chi connectivity index (χ3n) is 2.66. The molecule has 106 valence electrons. The molecule has 0 aliphatic rings. The van der Waals surface area contributed by atoms with Crippen molar-refractivity contribution in [3.63, 3.8) is 0 Å². The Kier molecular flexibility index (Phi) is 7.29. The monoisotopic (exact) mass is 375 g/mol. The summed E-state index contributed by atoms with van der Waals surface area (Å²) in [6.45, 7) is 9.46. The van der Waals surface area contributed by atoms with E-state index in [2.05, 4.69) is 6.58 Å². The van der Waals surface area contributed by atoms with Gasteiger partial charge < -0.3 is 10.5 Å². The molecule has 0 radical (unpaired) electrons. The lowest BCUT2D eigenvalue weighted by Gasteiger charge is -2.22. The maximum atomic E-state index is 11.3. The average Bonchev–Trinajstić information content (AvgIpc) is 2.28. The van der Waals surface area contributed by atoms with Crippen molar-refractivity contribution >= 4 is 29.9 Å². The number of hydrogen-bond donors (Lipinski definition) is 1. The van der Waals surface area contributed by atoms with Gasteiger partial charge in [-0.1, -0.05) is 30.8 Å². The number of benzene rings is 1. The molecular weight excluding hydrogens is 353 g/mol. The van der Waals surface area contributed by atoms with Gasteiger partial charge in [-0.3, -0.25) is 0 Å². The first-order chi connectivity index (χ1) is 8.32. The van der Waals surface area contributed by atoms with Crippen molar-refractivity contribution < 1.29 is 9.53 Å². The van der Waals surface area contributed by atoms with Crippen LogP contribution in [-0.4, -0.2) is 12.6 Å². The Labute approximate surface area is 132 Å². The van der Waals surface area contributed by atoms with E-state index in [4.69, 9.17) is 10.5 Å². The molecule has 0 fully saturated rings. The van der Waals surface area contributed by atoms with Crippen LogP contribution in [0.25, 0.3) is 0 Å². The highest BCUT2D eigenvalue weighted by atomic mass is 127. The van der Waals surface area contributed by atoms with Crippen molar-refractivity contribution in [2.45, 2.75) is 32.7 Å². The maximum absolute atomic E-state index is 11.3. The normalized spacial score (nSPS) is 10.5. The van der Waals surface area contributed by atoms with Gasteiger partial charge in [0.2, 0.25) is 0 Å². The maximum Gasteiger partial charge on any atom is 0.333 e. The Morgan fingerprint density at radius 1 is 1.37 bits per heavy atom. The lowest BCUT2D eigenvalue weighted by Crippen LogP contribution is -2.30. The molecule has 0 bridgehead atoms. The summed E-state index contributed by atoms with van der Waals surface area (Å²) in [5, 5.41) is 0. The summed E-state index contributed by atoms with van der Waals surface area (Å²) in [6, 6.07) is 7.95. The number of hydrogen-bond acceptors (Lipinski definition) is 3. The van der Waals surface area contributed by atoms with E-state index < -0.39 is 5.54 Å². The van der Waals surface area contributed by atoms with Crippen molar-refractivity contribution in [3.05, 3.63) is 47.5 Å². The fourth-order valence-corrected chi connectivity index (χ4v) is 1.74. The minimum absolute atomic E-state index is 0. The highest BCUT2D eigenvalue weighted by molar-refractivity contribution is 14.0. The fraction of sp³-hybridized carbons (Fsp3) is 0.400. The molecule has 4 heteroatoms. The van der Waals surface area contributed by atoms with Gasteiger partial charge in [0.15, 0.2) is 0 Å². The van der Waals surface area contributed by atoms with Crippen molar-refractivity contribution in [1.29, 1.82) is 0 Å². The van der Waals surface area contributed by atoms with Gasteiger partial charge in [0, 0.05) is 17.5 Å². The van der Waals surface area contributed by atoms with E-state index in [0.29, 0.717) is 18.6 Å². The van der Waals surface area contributed by atoms with Crippen LogP contribution in [0, 0.1) is 0 Å². The Morgan fingerprint density at radius 3 is 2.47 bits per heavy atom. The molecule has 3 nitrogen and oxygen atoms in total. The van der Waals surface area contributed by atoms with Crippen LogP contribution in [0.4, 0.5) is 0 Å². The molecule has 0 atom stereocenters. The van der Waals surface area contributed by atoms with E-state index in [1.807, 2.05) is 38.1 Å². The molecule has 1 aromatic carbocycles. The second-order valence-electron chi connectivity index (χ2n) is 5.05. The van der Waals surface area contributed by atoms with Crippen LogP contribution in [-0.2, 0) is 21.5 Å². The first-order valence-electron chi connectivity index (χ1n) is 6.02. The van der Waals surface area contributed by atoms with Crippen LogP contribution in [0.3, 0.4) is 0 Å². The largest absolute Gasteiger partial charge is 0.462 e. The van der Waals surface area contributed by atoms with E-state index >= 15 is 0 Å². The van der Waals surface area contributed by atoms with Crippen LogP contribution < -0.4 is 5.73 Å². The molecule has 0 amide bonds. The molecule has 0 aliphatic carbocycles. The number of rotatable bonds is 5. The molecule has 0 saturated heterocycles. The lowest BCUT2D eigenvalue weighted by atomic mass is 9.90. The minimum atomic E-state index is -0.394. The van der Waals surface area contributed by atoms with E-state index in [1.54, 1.807) is 6.92 Å². The van der Waals surface area contributed by atoms with Crippen LogP contribution in [0.2, 0.25) is 0 Å². The zero-order valence-corrected chi connectivity index (χ0v) is 14.1. The predicted octanol–water partition coefficient (Wildman–Crippen LogP) is 3.16. The molecule has 19 heavy (non-hydrogen) atoms. The lowest BCUT2D eigenvalue weighted by molar-refractivity contribution is -0.138. The van der Waals surface area contributed by atoms with Crippen LogP contribution in [0.15, 0.2) is 36.4 Å². The highest BCUT2D eigenvalue weighted by Crippen LogP contribution is 2.21. The van der Waals surface area contributed by atoms with E-state index in [0.717, 1.165) is 11.1 Å². The molecule has 0 unspecified atom stereocenters.